The van der Waals surface area contributed by atoms with Gasteiger partial charge in [-0.3, -0.25) is 19.7 Å². The van der Waals surface area contributed by atoms with Gasteiger partial charge in [-0.25, -0.2) is 4.98 Å². The Morgan fingerprint density at radius 1 is 1.17 bits per heavy atom. The van der Waals surface area contributed by atoms with Crippen LogP contribution in [0.25, 0.3) is 11.0 Å². The van der Waals surface area contributed by atoms with E-state index in [9.17, 15) is 14.4 Å². The highest BCUT2D eigenvalue weighted by Crippen LogP contribution is 2.30. The third-order valence-corrected chi connectivity index (χ3v) is 7.19. The van der Waals surface area contributed by atoms with Crippen LogP contribution in [0.3, 0.4) is 0 Å². The summed E-state index contributed by atoms with van der Waals surface area (Å²) in [5.74, 6) is 0.934. The quantitative estimate of drug-likeness (QED) is 0.501. The SMILES string of the molecule is CN(C(=O)CC1CCCC1)c1ccc2c(c1)nc(NC(=O)c1ccc3c(c1)CCO3)n2CCC(N)=O. The van der Waals surface area contributed by atoms with E-state index in [4.69, 9.17) is 10.5 Å². The Kier molecular flexibility index (Phi) is 6.63. The molecule has 0 spiro atoms. The number of aryl methyl sites for hydroxylation is 1. The molecular formula is C27H31N5O4. The lowest BCUT2D eigenvalue weighted by atomic mass is 10.0. The second kappa shape index (κ2) is 10.0. The predicted molar refractivity (Wildman–Crippen MR) is 137 cm³/mol. The van der Waals surface area contributed by atoms with Crippen LogP contribution in [-0.4, -0.2) is 40.9 Å². The van der Waals surface area contributed by atoms with Gasteiger partial charge in [-0.2, -0.15) is 0 Å². The smallest absolute Gasteiger partial charge is 0.257 e. The average molecular weight is 490 g/mol. The lowest BCUT2D eigenvalue weighted by molar-refractivity contribution is -0.119. The molecule has 9 nitrogen and oxygen atoms in total. The topological polar surface area (TPSA) is 120 Å². The van der Waals surface area contributed by atoms with Crippen LogP contribution in [0, 0.1) is 5.92 Å². The molecule has 1 aliphatic carbocycles. The van der Waals surface area contributed by atoms with Crippen molar-refractivity contribution in [2.24, 2.45) is 11.7 Å². The third-order valence-electron chi connectivity index (χ3n) is 7.19. The molecule has 2 heterocycles. The van der Waals surface area contributed by atoms with Crippen LogP contribution >= 0.6 is 0 Å². The van der Waals surface area contributed by atoms with Gasteiger partial charge in [0.15, 0.2) is 0 Å². The number of aromatic nitrogens is 2. The lowest BCUT2D eigenvalue weighted by Gasteiger charge is -2.19. The van der Waals surface area contributed by atoms with Gasteiger partial charge in [0.25, 0.3) is 5.91 Å². The first kappa shape index (κ1) is 23.8. The summed E-state index contributed by atoms with van der Waals surface area (Å²) in [7, 11) is 1.78. The minimum Gasteiger partial charge on any atom is -0.493 e. The fourth-order valence-corrected chi connectivity index (χ4v) is 5.11. The molecule has 9 heteroatoms. The zero-order valence-corrected chi connectivity index (χ0v) is 20.5. The van der Waals surface area contributed by atoms with Crippen molar-refractivity contribution in [3.8, 4) is 5.75 Å². The van der Waals surface area contributed by atoms with Gasteiger partial charge in [0, 0.05) is 44.1 Å². The van der Waals surface area contributed by atoms with Crippen molar-refractivity contribution >= 4 is 40.4 Å². The molecule has 2 aliphatic rings. The number of hydrogen-bond donors (Lipinski definition) is 2. The predicted octanol–water partition coefficient (Wildman–Crippen LogP) is 3.64. The zero-order chi connectivity index (χ0) is 25.2. The number of rotatable bonds is 8. The van der Waals surface area contributed by atoms with E-state index in [0.717, 1.165) is 41.8 Å². The van der Waals surface area contributed by atoms with Gasteiger partial charge in [0.1, 0.15) is 5.75 Å². The molecule has 0 atom stereocenters. The van der Waals surface area contributed by atoms with Crippen molar-refractivity contribution in [3.05, 3.63) is 47.5 Å². The third kappa shape index (κ3) is 4.91. The van der Waals surface area contributed by atoms with Gasteiger partial charge in [0.05, 0.1) is 17.6 Å². The fourth-order valence-electron chi connectivity index (χ4n) is 5.11. The standard InChI is InChI=1S/C27H31N5O4/c1-31(25(34)14-17-4-2-3-5-17)20-7-8-22-21(16-20)29-27(32(22)12-10-24(28)33)30-26(35)19-6-9-23-18(15-19)11-13-36-23/h6-9,15-17H,2-5,10-14H2,1H3,(H2,28,33)(H,29,30,35). The van der Waals surface area contributed by atoms with E-state index in [1.807, 2.05) is 24.3 Å². The number of carbonyl (C=O) groups is 3. The van der Waals surface area contributed by atoms with E-state index in [1.165, 1.54) is 12.8 Å². The molecule has 3 amide bonds. The number of ether oxygens (including phenoxy) is 1. The van der Waals surface area contributed by atoms with Gasteiger partial charge >= 0.3 is 0 Å². The Morgan fingerprint density at radius 2 is 1.97 bits per heavy atom. The Bertz CT molecular complexity index is 1330. The van der Waals surface area contributed by atoms with Crippen LogP contribution in [0.15, 0.2) is 36.4 Å². The molecule has 1 saturated carbocycles. The molecule has 1 aromatic heterocycles. The first-order chi connectivity index (χ1) is 17.4. The summed E-state index contributed by atoms with van der Waals surface area (Å²) in [5, 5.41) is 2.89. The van der Waals surface area contributed by atoms with Crippen LogP contribution in [0.5, 0.6) is 5.75 Å². The molecule has 36 heavy (non-hydrogen) atoms. The number of fused-ring (bicyclic) bond motifs is 2. The number of primary amides is 1. The van der Waals surface area contributed by atoms with Crippen molar-refractivity contribution in [3.63, 3.8) is 0 Å². The Morgan fingerprint density at radius 3 is 2.75 bits per heavy atom. The number of imidazole rings is 1. The summed E-state index contributed by atoms with van der Waals surface area (Å²) < 4.78 is 7.31. The summed E-state index contributed by atoms with van der Waals surface area (Å²) in [6.45, 7) is 0.887. The van der Waals surface area contributed by atoms with Gasteiger partial charge in [-0.15, -0.1) is 0 Å². The highest BCUT2D eigenvalue weighted by atomic mass is 16.5. The zero-order valence-electron chi connectivity index (χ0n) is 20.5. The van der Waals surface area contributed by atoms with Crippen LogP contribution in [-0.2, 0) is 22.6 Å². The van der Waals surface area contributed by atoms with E-state index in [2.05, 4.69) is 10.3 Å². The van der Waals surface area contributed by atoms with Crippen molar-refractivity contribution < 1.29 is 19.1 Å². The average Bonchev–Trinajstić information content (AvgIpc) is 3.61. The first-order valence-corrected chi connectivity index (χ1v) is 12.5. The second-order valence-corrected chi connectivity index (χ2v) is 9.66. The van der Waals surface area contributed by atoms with Crippen LogP contribution in [0.1, 0.15) is 54.4 Å². The molecule has 0 bridgehead atoms. The summed E-state index contributed by atoms with van der Waals surface area (Å²) in [6.07, 6.45) is 6.05. The van der Waals surface area contributed by atoms with Crippen molar-refractivity contribution in [2.75, 3.05) is 23.9 Å². The van der Waals surface area contributed by atoms with Gasteiger partial charge < -0.3 is 19.9 Å². The molecular weight excluding hydrogens is 458 g/mol. The van der Waals surface area contributed by atoms with Gasteiger partial charge in [0.2, 0.25) is 17.8 Å². The Labute approximate surface area is 209 Å². The molecule has 0 radical (unpaired) electrons. The normalized spacial score (nSPS) is 15.0. The van der Waals surface area contributed by atoms with Crippen LogP contribution in [0.4, 0.5) is 11.6 Å². The number of benzene rings is 2. The minimum absolute atomic E-state index is 0.0866. The summed E-state index contributed by atoms with van der Waals surface area (Å²) in [6, 6.07) is 10.9. The van der Waals surface area contributed by atoms with Crippen LogP contribution in [0.2, 0.25) is 0 Å². The van der Waals surface area contributed by atoms with Crippen molar-refractivity contribution in [1.82, 2.24) is 9.55 Å². The first-order valence-electron chi connectivity index (χ1n) is 12.5. The summed E-state index contributed by atoms with van der Waals surface area (Å²) in [4.78, 5) is 43.7. The maximum absolute atomic E-state index is 13.1. The van der Waals surface area contributed by atoms with E-state index in [0.29, 0.717) is 36.0 Å². The van der Waals surface area contributed by atoms with Crippen molar-refractivity contribution in [2.45, 2.75) is 51.5 Å². The molecule has 0 unspecified atom stereocenters. The number of nitrogens with zero attached hydrogens (tertiary/aromatic N) is 3. The summed E-state index contributed by atoms with van der Waals surface area (Å²) >= 11 is 0. The molecule has 3 N–H and O–H groups in total. The molecule has 5 rings (SSSR count). The van der Waals surface area contributed by atoms with E-state index < -0.39 is 5.91 Å². The Hall–Kier alpha value is -3.88. The molecule has 1 fully saturated rings. The Balaban J connectivity index is 1.41. The van der Waals surface area contributed by atoms with E-state index in [-0.39, 0.29) is 24.8 Å². The fraction of sp³-hybridized carbons (Fsp3) is 0.407. The molecule has 188 valence electrons. The summed E-state index contributed by atoms with van der Waals surface area (Å²) in [5.41, 5.74) is 9.00. The highest BCUT2D eigenvalue weighted by molar-refractivity contribution is 6.04. The lowest BCUT2D eigenvalue weighted by Crippen LogP contribution is -2.27. The van der Waals surface area contributed by atoms with Gasteiger partial charge in [-0.05, 0) is 60.7 Å². The number of nitrogens with two attached hydrogens (primary N) is 1. The van der Waals surface area contributed by atoms with E-state index in [1.54, 1.807) is 28.6 Å². The minimum atomic E-state index is -0.443. The van der Waals surface area contributed by atoms with E-state index >= 15 is 0 Å². The van der Waals surface area contributed by atoms with Crippen LogP contribution < -0.4 is 20.7 Å². The second-order valence-electron chi connectivity index (χ2n) is 9.66. The van der Waals surface area contributed by atoms with Gasteiger partial charge in [-0.1, -0.05) is 12.8 Å². The maximum Gasteiger partial charge on any atom is 0.257 e. The van der Waals surface area contributed by atoms with Crippen molar-refractivity contribution in [1.29, 1.82) is 0 Å². The number of hydrogen-bond acceptors (Lipinski definition) is 5. The molecule has 0 saturated heterocycles. The largest absolute Gasteiger partial charge is 0.493 e. The maximum atomic E-state index is 13.1. The number of anilines is 2. The number of nitrogens with one attached hydrogen (secondary N) is 1. The molecule has 2 aromatic carbocycles. The highest BCUT2D eigenvalue weighted by Gasteiger charge is 2.23. The molecule has 3 aromatic rings. The number of carbonyl (C=O) groups excluding carboxylic acids is 3. The monoisotopic (exact) mass is 489 g/mol. The number of amides is 3. The molecule has 1 aliphatic heterocycles.